The third-order valence-corrected chi connectivity index (χ3v) is 1.96. The quantitative estimate of drug-likeness (QED) is 0.687. The van der Waals surface area contributed by atoms with Gasteiger partial charge in [-0.1, -0.05) is 6.92 Å². The van der Waals surface area contributed by atoms with Crippen molar-refractivity contribution in [1.29, 1.82) is 0 Å². The lowest BCUT2D eigenvalue weighted by Crippen LogP contribution is -2.39. The van der Waals surface area contributed by atoms with Crippen LogP contribution in [0.4, 0.5) is 0 Å². The molecule has 1 amide bonds. The maximum atomic E-state index is 11.5. The number of aromatic nitrogens is 2. The number of carbonyl (C=O) groups is 1. The van der Waals surface area contributed by atoms with E-state index < -0.39 is 17.2 Å². The fourth-order valence-corrected chi connectivity index (χ4v) is 1.06. The van der Waals surface area contributed by atoms with Crippen LogP contribution in [0.2, 0.25) is 0 Å². The normalized spacial score (nSPS) is 10.0. The van der Waals surface area contributed by atoms with Crippen molar-refractivity contribution in [2.75, 3.05) is 6.54 Å². The molecule has 0 aliphatic heterocycles. The summed E-state index contributed by atoms with van der Waals surface area (Å²) in [6.45, 7) is 2.41. The highest BCUT2D eigenvalue weighted by atomic mass is 16.2. The van der Waals surface area contributed by atoms with Gasteiger partial charge in [-0.05, 0) is 6.42 Å². The molecule has 1 aromatic heterocycles. The van der Waals surface area contributed by atoms with Gasteiger partial charge in [-0.25, -0.2) is 4.79 Å². The average molecular weight is 211 g/mol. The van der Waals surface area contributed by atoms with Gasteiger partial charge in [0.15, 0.2) is 0 Å². The zero-order chi connectivity index (χ0) is 11.4. The molecule has 0 spiro atoms. The first-order valence-corrected chi connectivity index (χ1v) is 4.64. The molecule has 1 aromatic rings. The third kappa shape index (κ3) is 2.34. The molecule has 0 saturated carbocycles. The molecule has 0 unspecified atom stereocenters. The van der Waals surface area contributed by atoms with Crippen LogP contribution in [0.15, 0.2) is 15.8 Å². The summed E-state index contributed by atoms with van der Waals surface area (Å²) in [5.74, 6) is -0.464. The fraction of sp³-hybridized carbons (Fsp3) is 0.444. The molecule has 6 nitrogen and oxygen atoms in total. The van der Waals surface area contributed by atoms with E-state index in [2.05, 4.69) is 10.3 Å². The highest BCUT2D eigenvalue weighted by Crippen LogP contribution is 1.85. The number of amides is 1. The zero-order valence-corrected chi connectivity index (χ0v) is 8.66. The van der Waals surface area contributed by atoms with Crippen molar-refractivity contribution in [2.24, 2.45) is 7.05 Å². The molecular formula is C9H13N3O3. The number of carbonyl (C=O) groups excluding carboxylic acids is 1. The Morgan fingerprint density at radius 3 is 2.80 bits per heavy atom. The number of aromatic amines is 1. The Bertz CT molecular complexity index is 472. The van der Waals surface area contributed by atoms with Gasteiger partial charge >= 0.3 is 5.69 Å². The third-order valence-electron chi connectivity index (χ3n) is 1.96. The summed E-state index contributed by atoms with van der Waals surface area (Å²) in [4.78, 5) is 36.2. The SMILES string of the molecule is CCCNC(=O)c1c[nH]c(=O)n(C)c1=O. The minimum absolute atomic E-state index is 0.0504. The van der Waals surface area contributed by atoms with E-state index in [1.165, 1.54) is 7.05 Å². The molecule has 15 heavy (non-hydrogen) atoms. The van der Waals surface area contributed by atoms with Gasteiger partial charge in [0.25, 0.3) is 11.5 Å². The van der Waals surface area contributed by atoms with Crippen molar-refractivity contribution in [1.82, 2.24) is 14.9 Å². The summed E-state index contributed by atoms with van der Waals surface area (Å²) in [6.07, 6.45) is 1.92. The Labute approximate surface area is 85.9 Å². The van der Waals surface area contributed by atoms with Crippen LogP contribution in [0.25, 0.3) is 0 Å². The summed E-state index contributed by atoms with van der Waals surface area (Å²) in [7, 11) is 1.32. The molecule has 0 radical (unpaired) electrons. The maximum Gasteiger partial charge on any atom is 0.328 e. The van der Waals surface area contributed by atoms with Crippen LogP contribution in [0.3, 0.4) is 0 Å². The Balaban J connectivity index is 3.06. The second-order valence-corrected chi connectivity index (χ2v) is 3.13. The van der Waals surface area contributed by atoms with Crippen LogP contribution >= 0.6 is 0 Å². The van der Waals surface area contributed by atoms with E-state index >= 15 is 0 Å². The van der Waals surface area contributed by atoms with Crippen molar-refractivity contribution in [2.45, 2.75) is 13.3 Å². The van der Waals surface area contributed by atoms with Gasteiger partial charge in [0.1, 0.15) is 5.56 Å². The summed E-state index contributed by atoms with van der Waals surface area (Å²) in [5.41, 5.74) is -1.18. The van der Waals surface area contributed by atoms with Gasteiger partial charge in [-0.15, -0.1) is 0 Å². The van der Waals surface area contributed by atoms with E-state index in [9.17, 15) is 14.4 Å². The van der Waals surface area contributed by atoms with Crippen LogP contribution in [0.1, 0.15) is 23.7 Å². The Hall–Kier alpha value is -1.85. The zero-order valence-electron chi connectivity index (χ0n) is 8.66. The largest absolute Gasteiger partial charge is 0.352 e. The topological polar surface area (TPSA) is 84.0 Å². The van der Waals surface area contributed by atoms with Gasteiger partial charge in [0, 0.05) is 19.8 Å². The monoisotopic (exact) mass is 211 g/mol. The Kier molecular flexibility index (Phi) is 3.43. The Morgan fingerprint density at radius 2 is 2.20 bits per heavy atom. The number of hydrogen-bond acceptors (Lipinski definition) is 3. The number of H-pyrrole nitrogens is 1. The standard InChI is InChI=1S/C9H13N3O3/c1-3-4-10-7(13)6-5-11-9(15)12(2)8(6)14/h5H,3-4H2,1-2H3,(H,10,13)(H,11,15). The second-order valence-electron chi connectivity index (χ2n) is 3.13. The molecule has 0 aromatic carbocycles. The highest BCUT2D eigenvalue weighted by molar-refractivity contribution is 5.93. The number of nitrogens with one attached hydrogen (secondary N) is 2. The average Bonchev–Trinajstić information content (AvgIpc) is 2.23. The molecule has 0 aliphatic rings. The summed E-state index contributed by atoms with van der Waals surface area (Å²) in [5, 5.41) is 2.56. The lowest BCUT2D eigenvalue weighted by molar-refractivity contribution is 0.0951. The number of rotatable bonds is 3. The van der Waals surface area contributed by atoms with Crippen molar-refractivity contribution in [3.63, 3.8) is 0 Å². The molecule has 2 N–H and O–H groups in total. The van der Waals surface area contributed by atoms with E-state index in [4.69, 9.17) is 0 Å². The minimum atomic E-state index is -0.590. The minimum Gasteiger partial charge on any atom is -0.352 e. The lowest BCUT2D eigenvalue weighted by Gasteiger charge is -2.03. The van der Waals surface area contributed by atoms with Crippen LogP contribution in [0, 0.1) is 0 Å². The molecular weight excluding hydrogens is 198 g/mol. The van der Waals surface area contributed by atoms with E-state index in [-0.39, 0.29) is 5.56 Å². The molecule has 1 heterocycles. The van der Waals surface area contributed by atoms with Gasteiger partial charge < -0.3 is 10.3 Å². The molecule has 6 heteroatoms. The highest BCUT2D eigenvalue weighted by Gasteiger charge is 2.11. The first-order chi connectivity index (χ1) is 7.07. The summed E-state index contributed by atoms with van der Waals surface area (Å²) < 4.78 is 0.862. The van der Waals surface area contributed by atoms with E-state index in [0.717, 1.165) is 17.2 Å². The first-order valence-electron chi connectivity index (χ1n) is 4.64. The molecule has 0 saturated heterocycles. The number of nitrogens with zero attached hydrogens (tertiary/aromatic N) is 1. The van der Waals surface area contributed by atoms with Crippen LogP contribution in [-0.2, 0) is 7.05 Å². The van der Waals surface area contributed by atoms with Crippen LogP contribution in [0.5, 0.6) is 0 Å². The van der Waals surface area contributed by atoms with Gasteiger partial charge in [-0.3, -0.25) is 14.2 Å². The van der Waals surface area contributed by atoms with Crippen molar-refractivity contribution < 1.29 is 4.79 Å². The van der Waals surface area contributed by atoms with E-state index in [0.29, 0.717) is 6.54 Å². The van der Waals surface area contributed by atoms with Gasteiger partial charge in [0.05, 0.1) is 0 Å². The lowest BCUT2D eigenvalue weighted by atomic mass is 10.3. The van der Waals surface area contributed by atoms with Gasteiger partial charge in [-0.2, -0.15) is 0 Å². The van der Waals surface area contributed by atoms with E-state index in [1.807, 2.05) is 6.92 Å². The summed E-state index contributed by atoms with van der Waals surface area (Å²) >= 11 is 0. The molecule has 1 rings (SSSR count). The predicted octanol–water partition coefficient (Wildman–Crippen LogP) is -0.787. The Morgan fingerprint density at radius 1 is 1.53 bits per heavy atom. The first kappa shape index (κ1) is 11.2. The summed E-state index contributed by atoms with van der Waals surface area (Å²) in [6, 6.07) is 0. The van der Waals surface area contributed by atoms with Crippen LogP contribution in [-0.4, -0.2) is 22.0 Å². The molecule has 0 atom stereocenters. The molecule has 0 aliphatic carbocycles. The van der Waals surface area contributed by atoms with Crippen molar-refractivity contribution in [3.8, 4) is 0 Å². The van der Waals surface area contributed by atoms with Crippen molar-refractivity contribution >= 4 is 5.91 Å². The molecule has 0 fully saturated rings. The van der Waals surface area contributed by atoms with Crippen molar-refractivity contribution in [3.05, 3.63) is 32.6 Å². The predicted molar refractivity (Wildman–Crippen MR) is 54.9 cm³/mol. The smallest absolute Gasteiger partial charge is 0.328 e. The van der Waals surface area contributed by atoms with E-state index in [1.54, 1.807) is 0 Å². The molecule has 0 bridgehead atoms. The van der Waals surface area contributed by atoms with Crippen LogP contribution < -0.4 is 16.6 Å². The maximum absolute atomic E-state index is 11.5. The molecule has 82 valence electrons. The number of hydrogen-bond donors (Lipinski definition) is 2. The fourth-order valence-electron chi connectivity index (χ4n) is 1.06. The van der Waals surface area contributed by atoms with Gasteiger partial charge in [0.2, 0.25) is 0 Å². The second kappa shape index (κ2) is 4.59.